The number of piperidine rings is 1. The standard InChI is InChI=1S/C21H41N5O.HI/c1-4-6-7-8-10-15-25(3)21(23-5-2)24-14-9-11-16-26-17-12-19(13-18-26)20(22)27;/h4,19H,1,5-18H2,2-3H3,(H2,22,27)(H,23,24);1H. The van der Waals surface area contributed by atoms with Gasteiger partial charge in [0.1, 0.15) is 0 Å². The van der Waals surface area contributed by atoms with Crippen LogP contribution in [0.4, 0.5) is 0 Å². The number of aliphatic imine (C=N–C) groups is 1. The second-order valence-electron chi connectivity index (χ2n) is 7.52. The summed E-state index contributed by atoms with van der Waals surface area (Å²) in [6, 6.07) is 0. The van der Waals surface area contributed by atoms with E-state index in [-0.39, 0.29) is 35.8 Å². The van der Waals surface area contributed by atoms with E-state index in [0.717, 1.165) is 77.3 Å². The lowest BCUT2D eigenvalue weighted by molar-refractivity contribution is -0.123. The molecule has 3 N–H and O–H groups in total. The van der Waals surface area contributed by atoms with Crippen LogP contribution in [0.3, 0.4) is 0 Å². The summed E-state index contributed by atoms with van der Waals surface area (Å²) in [6.07, 6.45) is 10.8. The van der Waals surface area contributed by atoms with E-state index in [2.05, 4.69) is 35.7 Å². The van der Waals surface area contributed by atoms with Crippen LogP contribution in [0.2, 0.25) is 0 Å². The van der Waals surface area contributed by atoms with E-state index in [4.69, 9.17) is 10.7 Å². The highest BCUT2D eigenvalue weighted by Crippen LogP contribution is 2.16. The Hall–Kier alpha value is -0.830. The molecule has 1 rings (SSSR count). The lowest BCUT2D eigenvalue weighted by atomic mass is 9.96. The molecule has 7 heteroatoms. The van der Waals surface area contributed by atoms with Crippen LogP contribution in [0, 0.1) is 5.92 Å². The van der Waals surface area contributed by atoms with Crippen molar-refractivity contribution in [1.29, 1.82) is 0 Å². The fourth-order valence-corrected chi connectivity index (χ4v) is 3.46. The summed E-state index contributed by atoms with van der Waals surface area (Å²) in [6.45, 7) is 11.8. The molecule has 0 radical (unpaired) electrons. The topological polar surface area (TPSA) is 74.0 Å². The molecule has 28 heavy (non-hydrogen) atoms. The Bertz CT molecular complexity index is 450. The summed E-state index contributed by atoms with van der Waals surface area (Å²) in [5.41, 5.74) is 5.40. The molecular weight excluding hydrogens is 465 g/mol. The van der Waals surface area contributed by atoms with E-state index in [1.54, 1.807) is 0 Å². The quantitative estimate of drug-likeness (QED) is 0.132. The largest absolute Gasteiger partial charge is 0.369 e. The van der Waals surface area contributed by atoms with Crippen LogP contribution in [0.1, 0.15) is 58.3 Å². The monoisotopic (exact) mass is 507 g/mol. The number of nitrogens with two attached hydrogens (primary N) is 1. The van der Waals surface area contributed by atoms with Crippen molar-refractivity contribution in [3.05, 3.63) is 12.7 Å². The average molecular weight is 508 g/mol. The van der Waals surface area contributed by atoms with E-state index in [0.29, 0.717) is 0 Å². The third kappa shape index (κ3) is 11.9. The van der Waals surface area contributed by atoms with Gasteiger partial charge < -0.3 is 20.9 Å². The van der Waals surface area contributed by atoms with Gasteiger partial charge in [0.15, 0.2) is 5.96 Å². The minimum absolute atomic E-state index is 0. The van der Waals surface area contributed by atoms with Crippen LogP contribution in [-0.4, -0.2) is 68.0 Å². The van der Waals surface area contributed by atoms with E-state index in [1.807, 2.05) is 6.08 Å². The second-order valence-corrected chi connectivity index (χ2v) is 7.52. The molecule has 0 aromatic carbocycles. The molecule has 0 aromatic rings. The number of halogens is 1. The Morgan fingerprint density at radius 3 is 2.57 bits per heavy atom. The van der Waals surface area contributed by atoms with Gasteiger partial charge in [0.05, 0.1) is 0 Å². The first-order valence-electron chi connectivity index (χ1n) is 10.7. The molecule has 0 unspecified atom stereocenters. The van der Waals surface area contributed by atoms with Gasteiger partial charge in [0.25, 0.3) is 0 Å². The highest BCUT2D eigenvalue weighted by atomic mass is 127. The maximum Gasteiger partial charge on any atom is 0.220 e. The number of carbonyl (C=O) groups excluding carboxylic acids is 1. The molecular formula is C21H42IN5O. The van der Waals surface area contributed by atoms with Crippen LogP contribution >= 0.6 is 24.0 Å². The van der Waals surface area contributed by atoms with Gasteiger partial charge >= 0.3 is 0 Å². The molecule has 0 aliphatic carbocycles. The Morgan fingerprint density at radius 2 is 1.96 bits per heavy atom. The maximum atomic E-state index is 11.2. The highest BCUT2D eigenvalue weighted by Gasteiger charge is 2.22. The zero-order valence-corrected chi connectivity index (χ0v) is 20.3. The Balaban J connectivity index is 0.00000729. The first-order valence-corrected chi connectivity index (χ1v) is 10.7. The highest BCUT2D eigenvalue weighted by molar-refractivity contribution is 14.0. The summed E-state index contributed by atoms with van der Waals surface area (Å²) >= 11 is 0. The molecule has 1 aliphatic heterocycles. The van der Waals surface area contributed by atoms with Crippen molar-refractivity contribution in [2.24, 2.45) is 16.6 Å². The van der Waals surface area contributed by atoms with Gasteiger partial charge in [-0.3, -0.25) is 9.79 Å². The molecule has 1 aliphatic rings. The average Bonchev–Trinajstić information content (AvgIpc) is 2.67. The molecule has 1 heterocycles. The number of carbonyl (C=O) groups is 1. The molecule has 0 atom stereocenters. The molecule has 1 saturated heterocycles. The Kier molecular flexibility index (Phi) is 16.6. The Labute approximate surface area is 189 Å². The van der Waals surface area contributed by atoms with E-state index < -0.39 is 0 Å². The minimum atomic E-state index is -0.134. The smallest absolute Gasteiger partial charge is 0.220 e. The summed E-state index contributed by atoms with van der Waals surface area (Å²) < 4.78 is 0. The van der Waals surface area contributed by atoms with Crippen LogP contribution in [0.25, 0.3) is 0 Å². The fourth-order valence-electron chi connectivity index (χ4n) is 3.46. The summed E-state index contributed by atoms with van der Waals surface area (Å²) in [4.78, 5) is 20.7. The minimum Gasteiger partial charge on any atom is -0.369 e. The van der Waals surface area contributed by atoms with Crippen LogP contribution in [0.15, 0.2) is 17.6 Å². The molecule has 164 valence electrons. The lowest BCUT2D eigenvalue weighted by Gasteiger charge is -2.30. The van der Waals surface area contributed by atoms with Crippen molar-refractivity contribution >= 4 is 35.8 Å². The van der Waals surface area contributed by atoms with Crippen molar-refractivity contribution in [1.82, 2.24) is 15.1 Å². The molecule has 0 spiro atoms. The zero-order chi connectivity index (χ0) is 19.9. The van der Waals surface area contributed by atoms with Gasteiger partial charge in [0, 0.05) is 32.6 Å². The van der Waals surface area contributed by atoms with Gasteiger partial charge in [-0.15, -0.1) is 30.6 Å². The van der Waals surface area contributed by atoms with Crippen LogP contribution in [0.5, 0.6) is 0 Å². The van der Waals surface area contributed by atoms with Crippen LogP contribution in [-0.2, 0) is 4.79 Å². The van der Waals surface area contributed by atoms with Gasteiger partial charge in [-0.2, -0.15) is 0 Å². The van der Waals surface area contributed by atoms with Gasteiger partial charge in [-0.25, -0.2) is 0 Å². The van der Waals surface area contributed by atoms with Gasteiger partial charge in [-0.05, 0) is 71.5 Å². The summed E-state index contributed by atoms with van der Waals surface area (Å²) in [5, 5.41) is 3.40. The number of likely N-dealkylation sites (tertiary alicyclic amines) is 1. The van der Waals surface area contributed by atoms with Crippen molar-refractivity contribution in [3.63, 3.8) is 0 Å². The number of primary amides is 1. The first-order chi connectivity index (χ1) is 13.1. The number of amides is 1. The molecule has 0 bridgehead atoms. The predicted molar refractivity (Wildman–Crippen MR) is 130 cm³/mol. The number of hydrogen-bond acceptors (Lipinski definition) is 3. The molecule has 1 amide bonds. The molecule has 1 fully saturated rings. The number of nitrogens with zero attached hydrogens (tertiary/aromatic N) is 3. The number of hydrogen-bond donors (Lipinski definition) is 2. The molecule has 0 saturated carbocycles. The van der Waals surface area contributed by atoms with Crippen molar-refractivity contribution in [2.75, 3.05) is 46.3 Å². The van der Waals surface area contributed by atoms with E-state index in [1.165, 1.54) is 19.3 Å². The number of nitrogens with one attached hydrogen (secondary N) is 1. The third-order valence-corrected chi connectivity index (χ3v) is 5.23. The predicted octanol–water partition coefficient (Wildman–Crippen LogP) is 3.23. The summed E-state index contributed by atoms with van der Waals surface area (Å²) in [5.74, 6) is 0.967. The van der Waals surface area contributed by atoms with E-state index >= 15 is 0 Å². The number of rotatable bonds is 13. The van der Waals surface area contributed by atoms with Crippen molar-refractivity contribution < 1.29 is 4.79 Å². The zero-order valence-electron chi connectivity index (χ0n) is 18.0. The number of guanidine groups is 1. The van der Waals surface area contributed by atoms with Crippen LogP contribution < -0.4 is 11.1 Å². The summed E-state index contributed by atoms with van der Waals surface area (Å²) in [7, 11) is 2.12. The molecule has 6 nitrogen and oxygen atoms in total. The second kappa shape index (κ2) is 17.1. The SMILES string of the molecule is C=CCCCCCN(C)C(=NCCCCN1CCC(C(N)=O)CC1)NCC.I. The third-order valence-electron chi connectivity index (χ3n) is 5.23. The first kappa shape index (κ1) is 27.2. The number of unbranched alkanes of at least 4 members (excludes halogenated alkanes) is 4. The fraction of sp³-hybridized carbons (Fsp3) is 0.810. The van der Waals surface area contributed by atoms with Gasteiger partial charge in [0.2, 0.25) is 5.91 Å². The molecule has 0 aromatic heterocycles. The van der Waals surface area contributed by atoms with Crippen molar-refractivity contribution in [2.45, 2.75) is 58.3 Å². The van der Waals surface area contributed by atoms with E-state index in [9.17, 15) is 4.79 Å². The Morgan fingerprint density at radius 1 is 1.25 bits per heavy atom. The maximum absolute atomic E-state index is 11.2. The van der Waals surface area contributed by atoms with Gasteiger partial charge in [-0.1, -0.05) is 12.5 Å². The lowest BCUT2D eigenvalue weighted by Crippen LogP contribution is -2.39. The van der Waals surface area contributed by atoms with Crippen molar-refractivity contribution in [3.8, 4) is 0 Å². The normalized spacial score (nSPS) is 15.7. The number of allylic oxidation sites excluding steroid dienone is 1.